The first-order valence-corrected chi connectivity index (χ1v) is 9.91. The molecule has 2 aliphatic carbocycles. The average Bonchev–Trinajstić information content (AvgIpc) is 2.64. The number of aliphatic hydroxyl groups excluding tert-OH is 2. The van der Waals surface area contributed by atoms with E-state index < -0.39 is 11.9 Å². The summed E-state index contributed by atoms with van der Waals surface area (Å²) in [7, 11) is 0. The lowest BCUT2D eigenvalue weighted by Crippen LogP contribution is -2.46. The Kier molecular flexibility index (Phi) is 8.51. The van der Waals surface area contributed by atoms with E-state index in [0.29, 0.717) is 18.3 Å². The van der Waals surface area contributed by atoms with Gasteiger partial charge in [-0.05, 0) is 56.8 Å². The summed E-state index contributed by atoms with van der Waals surface area (Å²) in [6.07, 6.45) is 9.95. The zero-order valence-electron chi connectivity index (χ0n) is 16.0. The zero-order valence-corrected chi connectivity index (χ0v) is 16.0. The fourth-order valence-electron chi connectivity index (χ4n) is 4.64. The zero-order chi connectivity index (χ0) is 19.8. The van der Waals surface area contributed by atoms with Crippen LogP contribution in [0.3, 0.4) is 0 Å². The number of carbonyl (C=O) groups is 2. The van der Waals surface area contributed by atoms with Gasteiger partial charge in [0.1, 0.15) is 6.10 Å². The van der Waals surface area contributed by atoms with Gasteiger partial charge in [-0.15, -0.1) is 0 Å². The molecular formula is C21H32O6. The predicted octanol–water partition coefficient (Wildman–Crippen LogP) is 2.69. The fourth-order valence-corrected chi connectivity index (χ4v) is 4.64. The molecule has 0 heterocycles. The Labute approximate surface area is 160 Å². The summed E-state index contributed by atoms with van der Waals surface area (Å²) >= 11 is 0. The molecule has 1 unspecified atom stereocenters. The predicted molar refractivity (Wildman–Crippen MR) is 101 cm³/mol. The Hall–Kier alpha value is -1.66. The number of aliphatic carboxylic acids is 1. The number of carboxylic acids is 1. The second-order valence-corrected chi connectivity index (χ2v) is 7.77. The molecule has 152 valence electrons. The number of aliphatic hydroxyl groups is 2. The highest BCUT2D eigenvalue weighted by atomic mass is 16.5. The number of ether oxygens (including phenoxy) is 1. The van der Waals surface area contributed by atoms with Crippen LogP contribution < -0.4 is 0 Å². The lowest BCUT2D eigenvalue weighted by Gasteiger charge is -2.47. The normalized spacial score (nSPS) is 30.6. The fraction of sp³-hybridized carbons (Fsp3) is 0.714. The van der Waals surface area contributed by atoms with E-state index >= 15 is 0 Å². The molecule has 5 atom stereocenters. The Morgan fingerprint density at radius 2 is 1.96 bits per heavy atom. The van der Waals surface area contributed by atoms with Gasteiger partial charge in [0.2, 0.25) is 0 Å². The van der Waals surface area contributed by atoms with Gasteiger partial charge in [-0.2, -0.15) is 0 Å². The summed E-state index contributed by atoms with van der Waals surface area (Å²) in [6, 6.07) is 0. The van der Waals surface area contributed by atoms with Crippen LogP contribution in [0.1, 0.15) is 51.9 Å². The minimum Gasteiger partial charge on any atom is -0.481 e. The number of rotatable bonds is 9. The van der Waals surface area contributed by atoms with E-state index in [1.165, 1.54) is 0 Å². The SMILES string of the molecule is C/C(=C\CO)CC[C@H]1[C@H](CO)[C@@H](OC(=O)CCC(=O)O)CC2C=CCC[C@@H]21. The molecule has 0 aromatic rings. The molecule has 0 amide bonds. The summed E-state index contributed by atoms with van der Waals surface area (Å²) in [5.74, 6) is -0.636. The molecule has 0 spiro atoms. The molecule has 0 aliphatic heterocycles. The van der Waals surface area contributed by atoms with Gasteiger partial charge in [-0.25, -0.2) is 0 Å². The first kappa shape index (κ1) is 21.6. The Balaban J connectivity index is 2.10. The van der Waals surface area contributed by atoms with Crippen LogP contribution in [0.5, 0.6) is 0 Å². The van der Waals surface area contributed by atoms with Gasteiger partial charge < -0.3 is 20.1 Å². The lowest BCUT2D eigenvalue weighted by molar-refractivity contribution is -0.162. The van der Waals surface area contributed by atoms with E-state index in [1.54, 1.807) is 6.08 Å². The maximum atomic E-state index is 12.1. The highest BCUT2D eigenvalue weighted by Crippen LogP contribution is 2.47. The molecule has 0 saturated heterocycles. The van der Waals surface area contributed by atoms with Crippen LogP contribution in [0.4, 0.5) is 0 Å². The third-order valence-corrected chi connectivity index (χ3v) is 6.03. The molecule has 0 radical (unpaired) electrons. The highest BCUT2D eigenvalue weighted by molar-refractivity contribution is 5.76. The smallest absolute Gasteiger partial charge is 0.306 e. The van der Waals surface area contributed by atoms with Crippen molar-refractivity contribution in [1.29, 1.82) is 0 Å². The van der Waals surface area contributed by atoms with Gasteiger partial charge >= 0.3 is 11.9 Å². The van der Waals surface area contributed by atoms with E-state index in [2.05, 4.69) is 12.2 Å². The minimum absolute atomic E-state index is 0.0263. The summed E-state index contributed by atoms with van der Waals surface area (Å²) in [5.41, 5.74) is 1.12. The minimum atomic E-state index is -1.02. The lowest BCUT2D eigenvalue weighted by atomic mass is 9.61. The number of hydrogen-bond donors (Lipinski definition) is 3. The Bertz CT molecular complexity index is 567. The largest absolute Gasteiger partial charge is 0.481 e. The molecule has 2 aliphatic rings. The van der Waals surface area contributed by atoms with Crippen LogP contribution in [-0.4, -0.2) is 46.6 Å². The highest BCUT2D eigenvalue weighted by Gasteiger charge is 2.45. The molecule has 1 fully saturated rings. The average molecular weight is 380 g/mol. The number of esters is 1. The Morgan fingerprint density at radius 3 is 2.63 bits per heavy atom. The van der Waals surface area contributed by atoms with Crippen molar-refractivity contribution < 1.29 is 29.6 Å². The van der Waals surface area contributed by atoms with E-state index in [9.17, 15) is 14.7 Å². The molecule has 0 aromatic heterocycles. The van der Waals surface area contributed by atoms with Crippen LogP contribution >= 0.6 is 0 Å². The molecule has 27 heavy (non-hydrogen) atoms. The number of carbonyl (C=O) groups excluding carboxylic acids is 1. The van der Waals surface area contributed by atoms with Crippen LogP contribution in [-0.2, 0) is 14.3 Å². The Morgan fingerprint density at radius 1 is 1.19 bits per heavy atom. The molecule has 0 bridgehead atoms. The quantitative estimate of drug-likeness (QED) is 0.420. The first-order valence-electron chi connectivity index (χ1n) is 9.91. The second kappa shape index (κ2) is 10.6. The van der Waals surface area contributed by atoms with Gasteiger partial charge in [-0.1, -0.05) is 23.8 Å². The second-order valence-electron chi connectivity index (χ2n) is 7.77. The monoisotopic (exact) mass is 380 g/mol. The number of allylic oxidation sites excluding steroid dienone is 3. The molecule has 3 N–H and O–H groups in total. The van der Waals surface area contributed by atoms with Crippen LogP contribution in [0, 0.1) is 23.7 Å². The third kappa shape index (κ3) is 6.18. The van der Waals surface area contributed by atoms with Gasteiger partial charge in [0, 0.05) is 12.5 Å². The maximum absolute atomic E-state index is 12.1. The topological polar surface area (TPSA) is 104 Å². The molecule has 6 heteroatoms. The van der Waals surface area contributed by atoms with Crippen molar-refractivity contribution in [2.24, 2.45) is 23.7 Å². The number of carboxylic acid groups (broad SMARTS) is 1. The molecule has 1 saturated carbocycles. The standard InChI is InChI=1S/C21H32O6/c1-14(10-11-22)6-7-17-16-5-3-2-4-15(16)12-19(18(17)13-23)27-21(26)9-8-20(24)25/h2,4,10,15-19,22-23H,3,5-9,11-13H2,1H3,(H,24,25)/b14-10+/t15?,16-,17+,18-,19-/m0/s1. The van der Waals surface area contributed by atoms with E-state index in [0.717, 1.165) is 31.3 Å². The van der Waals surface area contributed by atoms with E-state index in [-0.39, 0.29) is 44.0 Å². The number of fused-ring (bicyclic) bond motifs is 1. The molecule has 2 rings (SSSR count). The van der Waals surface area contributed by atoms with Gasteiger partial charge in [0.05, 0.1) is 19.4 Å². The van der Waals surface area contributed by atoms with Crippen molar-refractivity contribution in [3.8, 4) is 0 Å². The van der Waals surface area contributed by atoms with Gasteiger partial charge in [0.25, 0.3) is 0 Å². The third-order valence-electron chi connectivity index (χ3n) is 6.03. The van der Waals surface area contributed by atoms with Crippen LogP contribution in [0.15, 0.2) is 23.8 Å². The molecule has 0 aromatic carbocycles. The van der Waals surface area contributed by atoms with E-state index in [4.69, 9.17) is 14.9 Å². The maximum Gasteiger partial charge on any atom is 0.306 e. The molecular weight excluding hydrogens is 348 g/mol. The van der Waals surface area contributed by atoms with Crippen molar-refractivity contribution in [3.05, 3.63) is 23.8 Å². The van der Waals surface area contributed by atoms with Crippen molar-refractivity contribution in [1.82, 2.24) is 0 Å². The molecule has 6 nitrogen and oxygen atoms in total. The van der Waals surface area contributed by atoms with Crippen molar-refractivity contribution >= 4 is 11.9 Å². The van der Waals surface area contributed by atoms with Crippen molar-refractivity contribution in [3.63, 3.8) is 0 Å². The van der Waals surface area contributed by atoms with Crippen LogP contribution in [0.25, 0.3) is 0 Å². The first-order chi connectivity index (χ1) is 13.0. The number of hydrogen-bond acceptors (Lipinski definition) is 5. The van der Waals surface area contributed by atoms with Crippen molar-refractivity contribution in [2.45, 2.75) is 58.0 Å². The summed E-state index contributed by atoms with van der Waals surface area (Å²) in [4.78, 5) is 22.8. The van der Waals surface area contributed by atoms with Gasteiger partial charge in [-0.3, -0.25) is 9.59 Å². The van der Waals surface area contributed by atoms with Crippen molar-refractivity contribution in [2.75, 3.05) is 13.2 Å². The summed E-state index contributed by atoms with van der Waals surface area (Å²) in [5, 5.41) is 27.9. The van der Waals surface area contributed by atoms with Gasteiger partial charge in [0.15, 0.2) is 0 Å². The summed E-state index contributed by atoms with van der Waals surface area (Å²) < 4.78 is 5.63. The summed E-state index contributed by atoms with van der Waals surface area (Å²) in [6.45, 7) is 1.98. The van der Waals surface area contributed by atoms with Crippen LogP contribution in [0.2, 0.25) is 0 Å². The van der Waals surface area contributed by atoms with E-state index in [1.807, 2.05) is 6.92 Å².